The molecule has 1 aromatic rings. The Morgan fingerprint density at radius 2 is 2.16 bits per heavy atom. The lowest BCUT2D eigenvalue weighted by Gasteiger charge is -2.06. The maximum Gasteiger partial charge on any atom is 0.433 e. The molecular weight excluding hydrogens is 261 g/mol. The SMILES string of the molecule is COC(=O)CCC#Cc1nc(C(F)(F)F)ccc1N. The minimum Gasteiger partial charge on any atom is -0.469 e. The Morgan fingerprint density at radius 3 is 2.74 bits per heavy atom. The lowest BCUT2D eigenvalue weighted by molar-refractivity contribution is -0.141. The predicted octanol–water partition coefficient (Wildman–Crippen LogP) is 1.99. The van der Waals surface area contributed by atoms with Gasteiger partial charge in [0.25, 0.3) is 0 Å². The van der Waals surface area contributed by atoms with Gasteiger partial charge in [-0.3, -0.25) is 4.79 Å². The molecule has 1 rings (SSSR count). The first-order valence-corrected chi connectivity index (χ1v) is 5.24. The van der Waals surface area contributed by atoms with E-state index in [0.717, 1.165) is 12.1 Å². The summed E-state index contributed by atoms with van der Waals surface area (Å²) in [5, 5.41) is 0. The third-order valence-corrected chi connectivity index (χ3v) is 2.11. The van der Waals surface area contributed by atoms with Crippen LogP contribution in [0, 0.1) is 11.8 Å². The molecule has 0 aliphatic rings. The highest BCUT2D eigenvalue weighted by Crippen LogP contribution is 2.28. The van der Waals surface area contributed by atoms with E-state index in [1.54, 1.807) is 0 Å². The molecule has 0 aliphatic heterocycles. The van der Waals surface area contributed by atoms with E-state index >= 15 is 0 Å². The summed E-state index contributed by atoms with van der Waals surface area (Å²) in [5.41, 5.74) is 4.32. The number of halogens is 3. The number of rotatable bonds is 2. The second kappa shape index (κ2) is 6.09. The van der Waals surface area contributed by atoms with Crippen LogP contribution in [-0.4, -0.2) is 18.1 Å². The Morgan fingerprint density at radius 1 is 1.47 bits per heavy atom. The summed E-state index contributed by atoms with van der Waals surface area (Å²) in [6, 6.07) is 1.88. The number of methoxy groups -OCH3 is 1. The molecule has 4 nitrogen and oxygen atoms in total. The summed E-state index contributed by atoms with van der Waals surface area (Å²) < 4.78 is 41.7. The Kier molecular flexibility index (Phi) is 4.75. The number of alkyl halides is 3. The summed E-state index contributed by atoms with van der Waals surface area (Å²) in [5.74, 6) is 4.49. The number of nitrogens with two attached hydrogens (primary N) is 1. The van der Waals surface area contributed by atoms with Gasteiger partial charge in [0.15, 0.2) is 0 Å². The predicted molar refractivity (Wildman–Crippen MR) is 61.8 cm³/mol. The van der Waals surface area contributed by atoms with Crippen LogP contribution in [0.1, 0.15) is 24.2 Å². The van der Waals surface area contributed by atoms with Crippen LogP contribution in [0.3, 0.4) is 0 Å². The number of anilines is 1. The molecule has 7 heteroatoms. The molecule has 0 aromatic carbocycles. The number of hydrogen-bond acceptors (Lipinski definition) is 4. The molecule has 0 radical (unpaired) electrons. The topological polar surface area (TPSA) is 65.2 Å². The third-order valence-electron chi connectivity index (χ3n) is 2.11. The average Bonchev–Trinajstić information content (AvgIpc) is 2.34. The van der Waals surface area contributed by atoms with Gasteiger partial charge in [0.2, 0.25) is 0 Å². The molecule has 0 unspecified atom stereocenters. The van der Waals surface area contributed by atoms with Gasteiger partial charge < -0.3 is 10.5 Å². The maximum absolute atomic E-state index is 12.4. The number of nitrogens with zero attached hydrogens (tertiary/aromatic N) is 1. The van der Waals surface area contributed by atoms with Crippen molar-refractivity contribution in [2.24, 2.45) is 0 Å². The molecular formula is C12H11F3N2O2. The molecule has 0 saturated heterocycles. The van der Waals surface area contributed by atoms with E-state index in [9.17, 15) is 18.0 Å². The smallest absolute Gasteiger partial charge is 0.433 e. The Hall–Kier alpha value is -2.23. The van der Waals surface area contributed by atoms with Crippen LogP contribution in [-0.2, 0) is 15.7 Å². The van der Waals surface area contributed by atoms with Crippen LogP contribution >= 0.6 is 0 Å². The molecule has 0 saturated carbocycles. The minimum atomic E-state index is -4.55. The van der Waals surface area contributed by atoms with Gasteiger partial charge in [0.1, 0.15) is 11.4 Å². The van der Waals surface area contributed by atoms with Crippen molar-refractivity contribution in [1.29, 1.82) is 0 Å². The number of carbonyl (C=O) groups is 1. The third kappa shape index (κ3) is 4.50. The molecule has 0 spiro atoms. The number of nitrogen functional groups attached to an aromatic ring is 1. The summed E-state index contributed by atoms with van der Waals surface area (Å²) in [6.45, 7) is 0. The van der Waals surface area contributed by atoms with Crippen LogP contribution in [0.4, 0.5) is 18.9 Å². The molecule has 2 N–H and O–H groups in total. The van der Waals surface area contributed by atoms with Crippen LogP contribution in [0.25, 0.3) is 0 Å². The Bertz CT molecular complexity index is 530. The normalized spacial score (nSPS) is 10.5. The molecule has 102 valence electrons. The van der Waals surface area contributed by atoms with Gasteiger partial charge in [-0.2, -0.15) is 13.2 Å². The molecule has 0 fully saturated rings. The summed E-state index contributed by atoms with van der Waals surface area (Å²) in [6.07, 6.45) is -4.33. The van der Waals surface area contributed by atoms with Gasteiger partial charge in [-0.1, -0.05) is 5.92 Å². The Labute approximate surface area is 107 Å². The quantitative estimate of drug-likeness (QED) is 0.660. The van der Waals surface area contributed by atoms with E-state index in [-0.39, 0.29) is 24.2 Å². The van der Waals surface area contributed by atoms with E-state index in [1.807, 2.05) is 0 Å². The summed E-state index contributed by atoms with van der Waals surface area (Å²) >= 11 is 0. The van der Waals surface area contributed by atoms with Crippen molar-refractivity contribution in [1.82, 2.24) is 4.98 Å². The van der Waals surface area contributed by atoms with Gasteiger partial charge >= 0.3 is 12.1 Å². The highest BCUT2D eigenvalue weighted by molar-refractivity contribution is 5.69. The number of ether oxygens (including phenoxy) is 1. The first-order chi connectivity index (χ1) is 8.84. The molecule has 0 atom stereocenters. The molecule has 0 bridgehead atoms. The largest absolute Gasteiger partial charge is 0.469 e. The number of hydrogen-bond donors (Lipinski definition) is 1. The Balaban J connectivity index is 2.84. The molecule has 1 heterocycles. The summed E-state index contributed by atoms with van der Waals surface area (Å²) in [7, 11) is 1.24. The molecule has 1 aromatic heterocycles. The van der Waals surface area contributed by atoms with E-state index < -0.39 is 17.8 Å². The van der Waals surface area contributed by atoms with E-state index in [2.05, 4.69) is 21.6 Å². The fourth-order valence-corrected chi connectivity index (χ4v) is 1.14. The van der Waals surface area contributed by atoms with Crippen molar-refractivity contribution in [2.45, 2.75) is 19.0 Å². The van der Waals surface area contributed by atoms with Crippen molar-refractivity contribution in [3.63, 3.8) is 0 Å². The van der Waals surface area contributed by atoms with Crippen LogP contribution < -0.4 is 5.73 Å². The fourth-order valence-electron chi connectivity index (χ4n) is 1.14. The maximum atomic E-state index is 12.4. The van der Waals surface area contributed by atoms with Gasteiger partial charge in [0.05, 0.1) is 19.2 Å². The van der Waals surface area contributed by atoms with E-state index in [0.29, 0.717) is 0 Å². The molecule has 0 amide bonds. The fraction of sp³-hybridized carbons (Fsp3) is 0.333. The lowest BCUT2D eigenvalue weighted by atomic mass is 10.2. The number of pyridine rings is 1. The van der Waals surface area contributed by atoms with E-state index in [1.165, 1.54) is 7.11 Å². The van der Waals surface area contributed by atoms with Crippen LogP contribution in [0.5, 0.6) is 0 Å². The van der Waals surface area contributed by atoms with Crippen LogP contribution in [0.2, 0.25) is 0 Å². The average molecular weight is 272 g/mol. The van der Waals surface area contributed by atoms with Crippen molar-refractivity contribution in [3.05, 3.63) is 23.5 Å². The molecule has 19 heavy (non-hydrogen) atoms. The minimum absolute atomic E-state index is 0.0542. The van der Waals surface area contributed by atoms with Gasteiger partial charge in [-0.05, 0) is 18.1 Å². The lowest BCUT2D eigenvalue weighted by Crippen LogP contribution is -2.09. The second-order valence-electron chi connectivity index (χ2n) is 3.51. The van der Waals surface area contributed by atoms with Crippen molar-refractivity contribution in [3.8, 4) is 11.8 Å². The van der Waals surface area contributed by atoms with Gasteiger partial charge in [0, 0.05) is 6.42 Å². The zero-order valence-electron chi connectivity index (χ0n) is 10.0. The van der Waals surface area contributed by atoms with Gasteiger partial charge in [-0.25, -0.2) is 4.98 Å². The highest BCUT2D eigenvalue weighted by Gasteiger charge is 2.32. The van der Waals surface area contributed by atoms with Gasteiger partial charge in [-0.15, -0.1) is 0 Å². The number of esters is 1. The second-order valence-corrected chi connectivity index (χ2v) is 3.51. The standard InChI is InChI=1S/C12H11F3N2O2/c1-19-11(18)5-3-2-4-9-8(16)6-7-10(17-9)12(13,14)15/h6-7H,3,5,16H2,1H3. The van der Waals surface area contributed by atoms with Crippen molar-refractivity contribution in [2.75, 3.05) is 12.8 Å². The molecule has 0 aliphatic carbocycles. The number of carbonyl (C=O) groups excluding carboxylic acids is 1. The van der Waals surface area contributed by atoms with Crippen molar-refractivity contribution >= 4 is 11.7 Å². The first-order valence-electron chi connectivity index (χ1n) is 5.24. The highest BCUT2D eigenvalue weighted by atomic mass is 19.4. The van der Waals surface area contributed by atoms with E-state index in [4.69, 9.17) is 5.73 Å². The first kappa shape index (κ1) is 14.8. The summed E-state index contributed by atoms with van der Waals surface area (Å²) in [4.78, 5) is 14.1. The zero-order valence-corrected chi connectivity index (χ0v) is 10.0. The van der Waals surface area contributed by atoms with Crippen molar-refractivity contribution < 1.29 is 22.7 Å². The monoisotopic (exact) mass is 272 g/mol. The zero-order chi connectivity index (χ0) is 14.5. The number of aromatic nitrogens is 1. The van der Waals surface area contributed by atoms with Crippen LogP contribution in [0.15, 0.2) is 12.1 Å².